The topological polar surface area (TPSA) is 18.5 Å². The third-order valence-corrected chi connectivity index (χ3v) is 4.08. The molecular formula is C13H27N3. The summed E-state index contributed by atoms with van der Waals surface area (Å²) in [6, 6.07) is 0.731. The Bertz CT molecular complexity index is 201. The maximum Gasteiger partial charge on any atom is 0.0194 e. The van der Waals surface area contributed by atoms with Crippen molar-refractivity contribution in [3.63, 3.8) is 0 Å². The van der Waals surface area contributed by atoms with E-state index in [4.69, 9.17) is 0 Å². The number of hydrogen-bond donors (Lipinski definition) is 1. The average molecular weight is 225 g/mol. The molecule has 0 aromatic carbocycles. The van der Waals surface area contributed by atoms with E-state index in [1.54, 1.807) is 0 Å². The highest BCUT2D eigenvalue weighted by Crippen LogP contribution is 2.16. The van der Waals surface area contributed by atoms with E-state index in [9.17, 15) is 0 Å². The number of nitrogens with one attached hydrogen (secondary N) is 1. The molecule has 0 saturated carbocycles. The molecule has 0 spiro atoms. The molecule has 2 fully saturated rings. The summed E-state index contributed by atoms with van der Waals surface area (Å²) in [6.07, 6.45) is 4.12. The molecule has 0 amide bonds. The molecule has 2 atom stereocenters. The monoisotopic (exact) mass is 225 g/mol. The van der Waals surface area contributed by atoms with Crippen molar-refractivity contribution in [2.45, 2.75) is 32.2 Å². The van der Waals surface area contributed by atoms with Gasteiger partial charge >= 0.3 is 0 Å². The molecule has 3 heteroatoms. The van der Waals surface area contributed by atoms with E-state index in [1.807, 2.05) is 0 Å². The van der Waals surface area contributed by atoms with E-state index in [0.717, 1.165) is 12.0 Å². The van der Waals surface area contributed by atoms with Crippen LogP contribution >= 0.6 is 0 Å². The number of rotatable bonds is 2. The lowest BCUT2D eigenvalue weighted by Gasteiger charge is -2.33. The third kappa shape index (κ3) is 3.44. The van der Waals surface area contributed by atoms with Gasteiger partial charge in [-0.05, 0) is 65.3 Å². The summed E-state index contributed by atoms with van der Waals surface area (Å²) in [7, 11) is 2.25. The van der Waals surface area contributed by atoms with Crippen molar-refractivity contribution in [3.05, 3.63) is 0 Å². The Labute approximate surface area is 100 Å². The zero-order valence-corrected chi connectivity index (χ0v) is 10.9. The van der Waals surface area contributed by atoms with Crippen molar-refractivity contribution < 1.29 is 0 Å². The maximum atomic E-state index is 3.53. The maximum absolute atomic E-state index is 3.53. The van der Waals surface area contributed by atoms with E-state index in [0.29, 0.717) is 0 Å². The minimum absolute atomic E-state index is 0.731. The first-order valence-electron chi connectivity index (χ1n) is 6.89. The van der Waals surface area contributed by atoms with Crippen molar-refractivity contribution in [1.29, 1.82) is 0 Å². The third-order valence-electron chi connectivity index (χ3n) is 4.08. The van der Waals surface area contributed by atoms with Crippen LogP contribution in [0.2, 0.25) is 0 Å². The van der Waals surface area contributed by atoms with Crippen molar-refractivity contribution in [2.24, 2.45) is 5.92 Å². The van der Waals surface area contributed by atoms with Gasteiger partial charge in [0.25, 0.3) is 0 Å². The smallest absolute Gasteiger partial charge is 0.0194 e. The predicted molar refractivity (Wildman–Crippen MR) is 68.7 cm³/mol. The van der Waals surface area contributed by atoms with Gasteiger partial charge in [0.05, 0.1) is 0 Å². The molecule has 16 heavy (non-hydrogen) atoms. The Morgan fingerprint density at radius 1 is 1.25 bits per heavy atom. The molecule has 0 radical (unpaired) electrons. The first kappa shape index (κ1) is 12.3. The molecule has 94 valence electrons. The highest BCUT2D eigenvalue weighted by Gasteiger charge is 2.23. The summed E-state index contributed by atoms with van der Waals surface area (Å²) in [5.74, 6) is 0.889. The lowest BCUT2D eigenvalue weighted by atomic mass is 9.98. The van der Waals surface area contributed by atoms with Gasteiger partial charge in [-0.25, -0.2) is 0 Å². The zero-order valence-electron chi connectivity index (χ0n) is 10.9. The molecular weight excluding hydrogens is 198 g/mol. The second kappa shape index (κ2) is 5.99. The van der Waals surface area contributed by atoms with Crippen LogP contribution in [0, 0.1) is 5.92 Å². The van der Waals surface area contributed by atoms with Gasteiger partial charge in [0.15, 0.2) is 0 Å². The Morgan fingerprint density at radius 3 is 2.88 bits per heavy atom. The summed E-state index contributed by atoms with van der Waals surface area (Å²) in [5.41, 5.74) is 0. The normalized spacial score (nSPS) is 34.9. The number of nitrogens with zero attached hydrogens (tertiary/aromatic N) is 2. The highest BCUT2D eigenvalue weighted by molar-refractivity contribution is 4.79. The van der Waals surface area contributed by atoms with Gasteiger partial charge in [-0.3, -0.25) is 4.90 Å². The minimum atomic E-state index is 0.731. The number of likely N-dealkylation sites (N-methyl/N-ethyl adjacent to an activating group) is 1. The molecule has 0 bridgehead atoms. The first-order valence-corrected chi connectivity index (χ1v) is 6.89. The summed E-state index contributed by atoms with van der Waals surface area (Å²) >= 11 is 0. The fourth-order valence-electron chi connectivity index (χ4n) is 3.10. The van der Waals surface area contributed by atoms with Crippen LogP contribution in [0.4, 0.5) is 0 Å². The fraction of sp³-hybridized carbons (Fsp3) is 1.00. The average Bonchev–Trinajstić information content (AvgIpc) is 2.43. The van der Waals surface area contributed by atoms with Crippen LogP contribution in [0.5, 0.6) is 0 Å². The van der Waals surface area contributed by atoms with Gasteiger partial charge in [0.2, 0.25) is 0 Å². The van der Waals surface area contributed by atoms with Gasteiger partial charge in [-0.15, -0.1) is 0 Å². The Kier molecular flexibility index (Phi) is 4.62. The van der Waals surface area contributed by atoms with Crippen LogP contribution in [-0.2, 0) is 0 Å². The molecule has 0 aliphatic carbocycles. The lowest BCUT2D eigenvalue weighted by molar-refractivity contribution is 0.161. The second-order valence-corrected chi connectivity index (χ2v) is 5.67. The van der Waals surface area contributed by atoms with E-state index in [2.05, 4.69) is 29.1 Å². The molecule has 0 aromatic heterocycles. The SMILES string of the molecule is CC1CN(C)CCCN1CC1CCCNC1. The quantitative estimate of drug-likeness (QED) is 0.757. The molecule has 2 rings (SSSR count). The lowest BCUT2D eigenvalue weighted by Crippen LogP contribution is -2.44. The largest absolute Gasteiger partial charge is 0.316 e. The summed E-state index contributed by atoms with van der Waals surface area (Å²) in [4.78, 5) is 5.19. The summed E-state index contributed by atoms with van der Waals surface area (Å²) in [6.45, 7) is 9.96. The van der Waals surface area contributed by atoms with Crippen LogP contribution < -0.4 is 5.32 Å². The van der Waals surface area contributed by atoms with E-state index in [1.165, 1.54) is 58.5 Å². The van der Waals surface area contributed by atoms with Crippen molar-refractivity contribution in [3.8, 4) is 0 Å². The molecule has 2 aliphatic rings. The van der Waals surface area contributed by atoms with Gasteiger partial charge in [-0.2, -0.15) is 0 Å². The summed E-state index contributed by atoms with van der Waals surface area (Å²) < 4.78 is 0. The zero-order chi connectivity index (χ0) is 11.4. The van der Waals surface area contributed by atoms with E-state index in [-0.39, 0.29) is 0 Å². The standard InChI is InChI=1S/C13H27N3/c1-12-10-15(2)7-4-8-16(12)11-13-5-3-6-14-9-13/h12-14H,3-11H2,1-2H3. The molecule has 2 unspecified atom stereocenters. The molecule has 2 aliphatic heterocycles. The molecule has 3 nitrogen and oxygen atoms in total. The van der Waals surface area contributed by atoms with Crippen LogP contribution in [0.1, 0.15) is 26.2 Å². The van der Waals surface area contributed by atoms with Crippen LogP contribution in [0.15, 0.2) is 0 Å². The molecule has 2 heterocycles. The van der Waals surface area contributed by atoms with Gasteiger partial charge in [-0.1, -0.05) is 0 Å². The van der Waals surface area contributed by atoms with Crippen LogP contribution in [-0.4, -0.2) is 62.2 Å². The molecule has 2 saturated heterocycles. The first-order chi connectivity index (χ1) is 7.75. The fourth-order valence-corrected chi connectivity index (χ4v) is 3.10. The summed E-state index contributed by atoms with van der Waals surface area (Å²) in [5, 5.41) is 3.53. The van der Waals surface area contributed by atoms with Crippen molar-refractivity contribution in [2.75, 3.05) is 46.3 Å². The molecule has 0 aromatic rings. The Morgan fingerprint density at radius 2 is 2.12 bits per heavy atom. The predicted octanol–water partition coefficient (Wildman–Crippen LogP) is 1.01. The molecule has 1 N–H and O–H groups in total. The van der Waals surface area contributed by atoms with Crippen molar-refractivity contribution >= 4 is 0 Å². The number of piperidine rings is 1. The van der Waals surface area contributed by atoms with Gasteiger partial charge < -0.3 is 10.2 Å². The van der Waals surface area contributed by atoms with Crippen LogP contribution in [0.25, 0.3) is 0 Å². The van der Waals surface area contributed by atoms with E-state index < -0.39 is 0 Å². The van der Waals surface area contributed by atoms with Crippen molar-refractivity contribution in [1.82, 2.24) is 15.1 Å². The van der Waals surface area contributed by atoms with Gasteiger partial charge in [0, 0.05) is 19.1 Å². The number of hydrogen-bond acceptors (Lipinski definition) is 3. The second-order valence-electron chi connectivity index (χ2n) is 5.67. The van der Waals surface area contributed by atoms with E-state index >= 15 is 0 Å². The highest BCUT2D eigenvalue weighted by atomic mass is 15.2. The van der Waals surface area contributed by atoms with Gasteiger partial charge in [0.1, 0.15) is 0 Å². The van der Waals surface area contributed by atoms with Crippen LogP contribution in [0.3, 0.4) is 0 Å². The minimum Gasteiger partial charge on any atom is -0.316 e. The Hall–Kier alpha value is -0.120. The Balaban J connectivity index is 1.82.